The van der Waals surface area contributed by atoms with Crippen molar-refractivity contribution in [1.29, 1.82) is 0 Å². The monoisotopic (exact) mass is 463 g/mol. The Morgan fingerprint density at radius 3 is 2.76 bits per heavy atom. The summed E-state index contributed by atoms with van der Waals surface area (Å²) >= 11 is 0. The molecule has 1 aromatic carbocycles. The number of hydrogen-bond acceptors (Lipinski definition) is 6. The van der Waals surface area contributed by atoms with Crippen molar-refractivity contribution in [2.45, 2.75) is 75.3 Å². The van der Waals surface area contributed by atoms with Gasteiger partial charge in [-0.25, -0.2) is 4.79 Å². The van der Waals surface area contributed by atoms with Gasteiger partial charge in [0.15, 0.2) is 0 Å². The molecule has 34 heavy (non-hydrogen) atoms. The van der Waals surface area contributed by atoms with Crippen LogP contribution in [0.1, 0.15) is 73.6 Å². The van der Waals surface area contributed by atoms with Crippen LogP contribution in [0.4, 0.5) is 0 Å². The highest BCUT2D eigenvalue weighted by Crippen LogP contribution is 2.73. The van der Waals surface area contributed by atoms with E-state index in [0.29, 0.717) is 6.04 Å². The van der Waals surface area contributed by atoms with Crippen molar-refractivity contribution in [3.05, 3.63) is 53.5 Å². The number of carbonyl (C=O) groups excluding carboxylic acids is 2. The van der Waals surface area contributed by atoms with E-state index in [1.165, 1.54) is 36.3 Å². The maximum atomic E-state index is 13.6. The molecule has 2 saturated heterocycles. The molecule has 7 rings (SSSR count). The highest BCUT2D eigenvalue weighted by Gasteiger charge is 2.74. The molecule has 2 aromatic rings. The van der Waals surface area contributed by atoms with E-state index in [2.05, 4.69) is 37.1 Å². The number of piperidine rings is 2. The molecule has 6 heteroatoms. The van der Waals surface area contributed by atoms with Crippen molar-refractivity contribution < 1.29 is 23.5 Å². The lowest BCUT2D eigenvalue weighted by molar-refractivity contribution is -0.230. The second-order valence-electron chi connectivity index (χ2n) is 10.9. The number of ether oxygens (including phenoxy) is 2. The van der Waals surface area contributed by atoms with E-state index in [1.54, 1.807) is 13.2 Å². The van der Waals surface area contributed by atoms with Crippen LogP contribution in [-0.2, 0) is 21.4 Å². The minimum absolute atomic E-state index is 0.00625. The third-order valence-corrected chi connectivity index (χ3v) is 10.1. The van der Waals surface area contributed by atoms with Gasteiger partial charge in [-0.3, -0.25) is 9.69 Å². The van der Waals surface area contributed by atoms with E-state index in [4.69, 9.17) is 13.9 Å². The summed E-state index contributed by atoms with van der Waals surface area (Å²) in [5.74, 6) is -0.461. The van der Waals surface area contributed by atoms with Crippen LogP contribution < -0.4 is 4.74 Å². The van der Waals surface area contributed by atoms with Crippen LogP contribution in [0.3, 0.4) is 0 Å². The van der Waals surface area contributed by atoms with Crippen LogP contribution in [0.5, 0.6) is 5.75 Å². The largest absolute Gasteiger partial charge is 0.497 e. The molecule has 2 saturated carbocycles. The number of methoxy groups -OCH3 is 1. The Bertz CT molecular complexity index is 1140. The van der Waals surface area contributed by atoms with Crippen LogP contribution >= 0.6 is 0 Å². The van der Waals surface area contributed by atoms with Crippen LogP contribution in [0.25, 0.3) is 0 Å². The molecule has 1 spiro atoms. The zero-order valence-corrected chi connectivity index (χ0v) is 20.3. The summed E-state index contributed by atoms with van der Waals surface area (Å²) in [5, 5.41) is 0. The molecule has 3 aliphatic carbocycles. The molecule has 3 heterocycles. The average Bonchev–Trinajstić information content (AvgIpc) is 3.40. The number of likely N-dealkylation sites (N-methyl/N-ethyl adjacent to an activating group) is 1. The molecule has 2 aliphatic heterocycles. The minimum Gasteiger partial charge on any atom is -0.497 e. The number of benzene rings is 1. The first-order chi connectivity index (χ1) is 16.4. The van der Waals surface area contributed by atoms with Crippen LogP contribution in [-0.4, -0.2) is 42.6 Å². The fraction of sp³-hybridized carbons (Fsp3) is 0.571. The number of hydrogen-bond donors (Lipinski definition) is 0. The highest BCUT2D eigenvalue weighted by atomic mass is 16.6. The quantitative estimate of drug-likeness (QED) is 0.475. The van der Waals surface area contributed by atoms with Gasteiger partial charge in [0, 0.05) is 17.0 Å². The van der Waals surface area contributed by atoms with Gasteiger partial charge in [-0.05, 0) is 86.4 Å². The fourth-order valence-corrected chi connectivity index (χ4v) is 8.67. The first kappa shape index (κ1) is 21.9. The third kappa shape index (κ3) is 2.61. The summed E-state index contributed by atoms with van der Waals surface area (Å²) in [6.07, 6.45) is 9.58. The maximum absolute atomic E-state index is 13.6. The highest BCUT2D eigenvalue weighted by molar-refractivity contribution is 5.96. The van der Waals surface area contributed by atoms with Gasteiger partial charge in [0.2, 0.25) is 5.76 Å². The zero-order valence-electron chi connectivity index (χ0n) is 20.3. The lowest BCUT2D eigenvalue weighted by Gasteiger charge is -2.76. The van der Waals surface area contributed by atoms with E-state index >= 15 is 0 Å². The predicted octanol–water partition coefficient (Wildman–Crippen LogP) is 4.90. The standard InChI is InChI=1S/C28H33NO5/c1-4-28-17-27-12-6-5-11-26(27,16-21(28)24(30)34-25(31)22-8-7-13-33-22)23(29(28)2)14-18-9-10-19(32-3)15-20(18)27/h7-10,13,15,21,23H,4-6,11-12,14,16-17H2,1-3H3/t21?,23?,26-,27-,28?/m1/s1. The van der Waals surface area contributed by atoms with Gasteiger partial charge < -0.3 is 13.9 Å². The van der Waals surface area contributed by atoms with E-state index in [-0.39, 0.29) is 28.0 Å². The van der Waals surface area contributed by atoms with Gasteiger partial charge in [-0.1, -0.05) is 25.8 Å². The summed E-state index contributed by atoms with van der Waals surface area (Å²) in [6, 6.07) is 10.2. The molecule has 0 N–H and O–H groups in total. The van der Waals surface area contributed by atoms with Crippen molar-refractivity contribution in [2.24, 2.45) is 11.3 Å². The molecular weight excluding hydrogens is 430 g/mol. The average molecular weight is 464 g/mol. The number of rotatable bonds is 4. The predicted molar refractivity (Wildman–Crippen MR) is 126 cm³/mol. The molecule has 1 aromatic heterocycles. The lowest BCUT2D eigenvalue weighted by atomic mass is 9.35. The summed E-state index contributed by atoms with van der Waals surface area (Å²) in [4.78, 5) is 28.7. The van der Waals surface area contributed by atoms with Gasteiger partial charge in [0.25, 0.3) is 0 Å². The number of carbonyl (C=O) groups is 2. The van der Waals surface area contributed by atoms with Crippen LogP contribution in [0, 0.1) is 11.3 Å². The van der Waals surface area contributed by atoms with Crippen molar-refractivity contribution in [1.82, 2.24) is 4.90 Å². The van der Waals surface area contributed by atoms with Crippen molar-refractivity contribution in [3.8, 4) is 5.75 Å². The lowest BCUT2D eigenvalue weighted by Crippen LogP contribution is -2.80. The summed E-state index contributed by atoms with van der Waals surface area (Å²) in [7, 11) is 3.94. The number of fused-ring (bicyclic) bond motifs is 2. The first-order valence-electron chi connectivity index (χ1n) is 12.6. The van der Waals surface area contributed by atoms with Gasteiger partial charge in [-0.15, -0.1) is 0 Å². The molecule has 4 fully saturated rings. The Labute approximate surface area is 200 Å². The molecule has 6 nitrogen and oxygen atoms in total. The van der Waals surface area contributed by atoms with E-state index in [0.717, 1.165) is 44.3 Å². The van der Waals surface area contributed by atoms with Crippen molar-refractivity contribution in [3.63, 3.8) is 0 Å². The Kier molecular flexibility index (Phi) is 4.80. The Balaban J connectivity index is 1.45. The van der Waals surface area contributed by atoms with Gasteiger partial charge >= 0.3 is 11.9 Å². The normalized spacial score (nSPS) is 35.9. The SMILES string of the molecule is CCC12C[C@@]34CCCC[C@@]3(CC1C(=O)OC(=O)c1ccco1)C(Cc1ccc(OC)cc14)N2C. The van der Waals surface area contributed by atoms with E-state index in [9.17, 15) is 9.59 Å². The smallest absolute Gasteiger partial charge is 0.381 e. The van der Waals surface area contributed by atoms with E-state index in [1.807, 2.05) is 0 Å². The molecular formula is C28H33NO5. The summed E-state index contributed by atoms with van der Waals surface area (Å²) < 4.78 is 16.3. The van der Waals surface area contributed by atoms with Crippen LogP contribution in [0.2, 0.25) is 0 Å². The molecule has 3 unspecified atom stereocenters. The van der Waals surface area contributed by atoms with Gasteiger partial charge in [-0.2, -0.15) is 0 Å². The summed E-state index contributed by atoms with van der Waals surface area (Å²) in [5.41, 5.74) is 2.54. The molecule has 0 amide bonds. The topological polar surface area (TPSA) is 69.0 Å². The molecule has 5 atom stereocenters. The Morgan fingerprint density at radius 2 is 2.03 bits per heavy atom. The first-order valence-corrected chi connectivity index (χ1v) is 12.6. The van der Waals surface area contributed by atoms with Gasteiger partial charge in [0.05, 0.1) is 19.3 Å². The number of esters is 2. The fourth-order valence-electron chi connectivity index (χ4n) is 8.67. The molecule has 5 aliphatic rings. The van der Waals surface area contributed by atoms with E-state index < -0.39 is 11.9 Å². The minimum atomic E-state index is -0.698. The maximum Gasteiger partial charge on any atom is 0.381 e. The molecule has 0 radical (unpaired) electrons. The Morgan fingerprint density at radius 1 is 1.21 bits per heavy atom. The number of nitrogens with zero attached hydrogens (tertiary/aromatic N) is 1. The van der Waals surface area contributed by atoms with Crippen LogP contribution in [0.15, 0.2) is 41.0 Å². The molecule has 4 bridgehead atoms. The van der Waals surface area contributed by atoms with Crippen molar-refractivity contribution in [2.75, 3.05) is 14.2 Å². The summed E-state index contributed by atoms with van der Waals surface area (Å²) in [6.45, 7) is 2.19. The zero-order chi connectivity index (χ0) is 23.7. The number of furan rings is 1. The molecule has 180 valence electrons. The Hall–Kier alpha value is -2.60. The third-order valence-electron chi connectivity index (χ3n) is 10.1. The second-order valence-corrected chi connectivity index (χ2v) is 10.9. The van der Waals surface area contributed by atoms with Gasteiger partial charge in [0.1, 0.15) is 5.75 Å². The second kappa shape index (κ2) is 7.45. The van der Waals surface area contributed by atoms with Crippen molar-refractivity contribution >= 4 is 11.9 Å².